The van der Waals surface area contributed by atoms with Crippen molar-refractivity contribution in [3.05, 3.63) is 58.9 Å². The molecule has 0 aliphatic rings. The van der Waals surface area contributed by atoms with Gasteiger partial charge in [0, 0.05) is 11.3 Å². The van der Waals surface area contributed by atoms with E-state index in [0.29, 0.717) is 5.75 Å². The minimum Gasteiger partial charge on any atom is -0.484 e. The summed E-state index contributed by atoms with van der Waals surface area (Å²) in [7, 11) is 0. The number of nitrogens with one attached hydrogen (secondary N) is 1. The third-order valence-electron chi connectivity index (χ3n) is 4.75. The Kier molecular flexibility index (Phi) is 5.02. The molecule has 0 spiro atoms. The van der Waals surface area contributed by atoms with Gasteiger partial charge in [0.05, 0.1) is 0 Å². The molecule has 0 saturated carbocycles. The number of carbonyl (C=O) groups is 1. The fourth-order valence-corrected chi connectivity index (χ4v) is 3.74. The first-order chi connectivity index (χ1) is 13.9. The highest BCUT2D eigenvalue weighted by atomic mass is 32.1. The molecule has 4 rings (SSSR count). The summed E-state index contributed by atoms with van der Waals surface area (Å²) in [5, 5.41) is 16.4. The zero-order valence-corrected chi connectivity index (χ0v) is 17.5. The number of carbonyl (C=O) groups excluding carboxylic acids is 1. The van der Waals surface area contributed by atoms with E-state index in [1.165, 1.54) is 16.9 Å². The molecule has 0 unspecified atom stereocenters. The fourth-order valence-electron chi connectivity index (χ4n) is 2.86. The number of rotatable bonds is 5. The Bertz CT molecular complexity index is 1210. The summed E-state index contributed by atoms with van der Waals surface area (Å²) in [5.41, 5.74) is 4.93. The molecule has 0 aliphatic heterocycles. The number of amides is 1. The zero-order valence-electron chi connectivity index (χ0n) is 16.7. The number of ether oxygens (including phenoxy) is 1. The van der Waals surface area contributed by atoms with Gasteiger partial charge in [0.15, 0.2) is 12.4 Å². The van der Waals surface area contributed by atoms with Crippen molar-refractivity contribution in [3.8, 4) is 16.3 Å². The minimum atomic E-state index is -0.211. The summed E-state index contributed by atoms with van der Waals surface area (Å²) in [5.74, 6) is 1.22. The van der Waals surface area contributed by atoms with E-state index >= 15 is 0 Å². The Morgan fingerprint density at radius 3 is 2.59 bits per heavy atom. The Labute approximate surface area is 172 Å². The second kappa shape index (κ2) is 7.63. The van der Waals surface area contributed by atoms with Crippen LogP contribution in [0.1, 0.15) is 22.5 Å². The van der Waals surface area contributed by atoms with Gasteiger partial charge in [-0.25, -0.2) is 0 Å². The molecular formula is C21H21N5O2S. The Morgan fingerprint density at radius 2 is 1.83 bits per heavy atom. The molecule has 4 aromatic rings. The maximum Gasteiger partial charge on any atom is 0.262 e. The molecule has 0 bridgehead atoms. The van der Waals surface area contributed by atoms with E-state index in [9.17, 15) is 4.79 Å². The van der Waals surface area contributed by atoms with Crippen LogP contribution in [0.2, 0.25) is 0 Å². The van der Waals surface area contributed by atoms with E-state index < -0.39 is 0 Å². The third-order valence-corrected chi connectivity index (χ3v) is 5.70. The molecule has 0 radical (unpaired) electrons. The fraction of sp³-hybridized carbons (Fsp3) is 0.238. The van der Waals surface area contributed by atoms with Crippen LogP contribution >= 0.6 is 11.3 Å². The lowest BCUT2D eigenvalue weighted by Crippen LogP contribution is -2.20. The first kappa shape index (κ1) is 19.1. The lowest BCUT2D eigenvalue weighted by Gasteiger charge is -2.11. The van der Waals surface area contributed by atoms with E-state index in [-0.39, 0.29) is 12.5 Å². The number of fused-ring (bicyclic) bond motifs is 1. The highest BCUT2D eigenvalue weighted by molar-refractivity contribution is 7.19. The molecule has 7 nitrogen and oxygen atoms in total. The summed E-state index contributed by atoms with van der Waals surface area (Å²) in [6.07, 6.45) is 0. The molecular weight excluding hydrogens is 386 g/mol. The van der Waals surface area contributed by atoms with Crippen LogP contribution in [0.4, 0.5) is 5.69 Å². The average Bonchev–Trinajstić information content (AvgIpc) is 3.27. The van der Waals surface area contributed by atoms with Crippen molar-refractivity contribution in [2.45, 2.75) is 27.7 Å². The van der Waals surface area contributed by atoms with Gasteiger partial charge in [-0.05, 0) is 62.6 Å². The maximum absolute atomic E-state index is 12.4. The van der Waals surface area contributed by atoms with Gasteiger partial charge >= 0.3 is 0 Å². The minimum absolute atomic E-state index is 0.0535. The molecule has 2 heterocycles. The van der Waals surface area contributed by atoms with Crippen LogP contribution in [-0.2, 0) is 4.79 Å². The number of nitrogens with zero attached hydrogens (tertiary/aromatic N) is 4. The van der Waals surface area contributed by atoms with Crippen LogP contribution in [0.15, 0.2) is 36.4 Å². The van der Waals surface area contributed by atoms with Crippen LogP contribution < -0.4 is 10.1 Å². The van der Waals surface area contributed by atoms with Gasteiger partial charge in [0.2, 0.25) is 4.96 Å². The summed E-state index contributed by atoms with van der Waals surface area (Å²) in [6.45, 7) is 7.82. The van der Waals surface area contributed by atoms with Gasteiger partial charge < -0.3 is 10.1 Å². The molecule has 1 N–H and O–H groups in total. The highest BCUT2D eigenvalue weighted by Gasteiger charge is 2.13. The van der Waals surface area contributed by atoms with Crippen molar-refractivity contribution in [2.75, 3.05) is 11.9 Å². The predicted molar refractivity (Wildman–Crippen MR) is 114 cm³/mol. The normalized spacial score (nSPS) is 11.0. The number of aryl methyl sites for hydroxylation is 4. The summed E-state index contributed by atoms with van der Waals surface area (Å²) in [6, 6.07) is 11.7. The van der Waals surface area contributed by atoms with Crippen LogP contribution in [0.5, 0.6) is 5.75 Å². The van der Waals surface area contributed by atoms with Gasteiger partial charge in [-0.1, -0.05) is 29.5 Å². The first-order valence-corrected chi connectivity index (χ1v) is 10.0. The first-order valence-electron chi connectivity index (χ1n) is 9.20. The number of aromatic nitrogens is 4. The number of anilines is 1. The van der Waals surface area contributed by atoms with Crippen molar-refractivity contribution in [1.29, 1.82) is 0 Å². The monoisotopic (exact) mass is 407 g/mol. The number of hydrogen-bond acceptors (Lipinski definition) is 6. The van der Waals surface area contributed by atoms with Crippen molar-refractivity contribution >= 4 is 27.9 Å². The molecule has 8 heteroatoms. The molecule has 29 heavy (non-hydrogen) atoms. The summed E-state index contributed by atoms with van der Waals surface area (Å²) >= 11 is 1.46. The lowest BCUT2D eigenvalue weighted by atomic mass is 10.1. The maximum atomic E-state index is 12.4. The number of hydrogen-bond donors (Lipinski definition) is 1. The van der Waals surface area contributed by atoms with Crippen molar-refractivity contribution < 1.29 is 9.53 Å². The lowest BCUT2D eigenvalue weighted by molar-refractivity contribution is -0.118. The van der Waals surface area contributed by atoms with Crippen LogP contribution in [0.25, 0.3) is 15.5 Å². The topological polar surface area (TPSA) is 81.4 Å². The molecule has 2 aromatic heterocycles. The second-order valence-corrected chi connectivity index (χ2v) is 7.92. The SMILES string of the molecule is Cc1ccc(OCC(=O)Nc2cc(-c3nn4c(C)nnc4s3)ccc2C)cc1C. The van der Waals surface area contributed by atoms with Crippen LogP contribution in [0.3, 0.4) is 0 Å². The molecule has 0 aliphatic carbocycles. The second-order valence-electron chi connectivity index (χ2n) is 6.96. The zero-order chi connectivity index (χ0) is 20.5. The molecule has 0 atom stereocenters. The smallest absolute Gasteiger partial charge is 0.262 e. The Morgan fingerprint density at radius 1 is 1.03 bits per heavy atom. The molecule has 148 valence electrons. The highest BCUT2D eigenvalue weighted by Crippen LogP contribution is 2.29. The average molecular weight is 407 g/mol. The summed E-state index contributed by atoms with van der Waals surface area (Å²) < 4.78 is 7.35. The van der Waals surface area contributed by atoms with Crippen molar-refractivity contribution in [3.63, 3.8) is 0 Å². The Hall–Kier alpha value is -3.26. The molecule has 1 amide bonds. The van der Waals surface area contributed by atoms with Gasteiger partial charge in [0.25, 0.3) is 5.91 Å². The van der Waals surface area contributed by atoms with E-state index in [0.717, 1.165) is 38.2 Å². The largest absolute Gasteiger partial charge is 0.484 e. The Balaban J connectivity index is 1.48. The van der Waals surface area contributed by atoms with E-state index in [1.807, 2.05) is 64.1 Å². The third kappa shape index (κ3) is 3.97. The van der Waals surface area contributed by atoms with Crippen LogP contribution in [-0.4, -0.2) is 32.3 Å². The predicted octanol–water partition coefficient (Wildman–Crippen LogP) is 4.10. The van der Waals surface area contributed by atoms with Crippen LogP contribution in [0, 0.1) is 27.7 Å². The molecule has 0 saturated heterocycles. The molecule has 2 aromatic carbocycles. The quantitative estimate of drug-likeness (QED) is 0.539. The standard InChI is InChI=1S/C21H21N5O2S/c1-12-6-8-17(9-14(12)3)28-11-19(27)22-18-10-16(7-5-13(18)2)20-25-26-15(4)23-24-21(26)29-20/h5-10H,11H2,1-4H3,(H,22,27). The van der Waals surface area contributed by atoms with Crippen molar-refractivity contribution in [1.82, 2.24) is 19.8 Å². The van der Waals surface area contributed by atoms with E-state index in [2.05, 4.69) is 20.6 Å². The van der Waals surface area contributed by atoms with Gasteiger partial charge in [-0.2, -0.15) is 9.61 Å². The van der Waals surface area contributed by atoms with Gasteiger partial charge in [-0.3, -0.25) is 4.79 Å². The molecule has 0 fully saturated rings. The summed E-state index contributed by atoms with van der Waals surface area (Å²) in [4.78, 5) is 13.2. The number of benzene rings is 2. The van der Waals surface area contributed by atoms with Gasteiger partial charge in [-0.15, -0.1) is 10.2 Å². The van der Waals surface area contributed by atoms with E-state index in [4.69, 9.17) is 4.74 Å². The van der Waals surface area contributed by atoms with Crippen molar-refractivity contribution in [2.24, 2.45) is 0 Å². The van der Waals surface area contributed by atoms with Gasteiger partial charge in [0.1, 0.15) is 10.8 Å². The van der Waals surface area contributed by atoms with E-state index in [1.54, 1.807) is 4.52 Å².